The molecule has 1 aromatic heterocycles. The van der Waals surface area contributed by atoms with Gasteiger partial charge in [0, 0.05) is 0 Å². The third-order valence-corrected chi connectivity index (χ3v) is 2.35. The summed E-state index contributed by atoms with van der Waals surface area (Å²) in [5.41, 5.74) is 0.0753. The van der Waals surface area contributed by atoms with Gasteiger partial charge < -0.3 is 4.98 Å². The fraction of sp³-hybridized carbons (Fsp3) is 0.182. The first-order valence-electron chi connectivity index (χ1n) is 4.71. The standard InChI is InChI=1S/C11H9FN2O2/c1-5-11(16)14-10-8(13-5)4-3-7(6(2)15)9(10)12/h3-4H,1-2H3,(H,14,16). The Bertz CT molecular complexity index is 646. The average molecular weight is 220 g/mol. The summed E-state index contributed by atoms with van der Waals surface area (Å²) in [6.45, 7) is 2.80. The molecule has 1 heterocycles. The van der Waals surface area contributed by atoms with E-state index in [0.29, 0.717) is 5.52 Å². The lowest BCUT2D eigenvalue weighted by molar-refractivity contribution is 0.101. The van der Waals surface area contributed by atoms with E-state index in [0.717, 1.165) is 0 Å². The summed E-state index contributed by atoms with van der Waals surface area (Å²) in [4.78, 5) is 28.7. The van der Waals surface area contributed by atoms with E-state index in [4.69, 9.17) is 0 Å². The van der Waals surface area contributed by atoms with Crippen LogP contribution in [0, 0.1) is 12.7 Å². The Morgan fingerprint density at radius 3 is 2.75 bits per heavy atom. The molecule has 0 radical (unpaired) electrons. The number of nitrogens with zero attached hydrogens (tertiary/aromatic N) is 1. The van der Waals surface area contributed by atoms with Gasteiger partial charge in [-0.1, -0.05) is 0 Å². The normalized spacial score (nSPS) is 10.7. The number of fused-ring (bicyclic) bond motifs is 1. The summed E-state index contributed by atoms with van der Waals surface area (Å²) >= 11 is 0. The zero-order valence-corrected chi connectivity index (χ0v) is 8.80. The van der Waals surface area contributed by atoms with Crippen molar-refractivity contribution in [1.82, 2.24) is 9.97 Å². The maximum Gasteiger partial charge on any atom is 0.269 e. The molecule has 0 aliphatic carbocycles. The van der Waals surface area contributed by atoms with Gasteiger partial charge in [0.25, 0.3) is 5.56 Å². The topological polar surface area (TPSA) is 62.8 Å². The number of aryl methyl sites for hydroxylation is 1. The van der Waals surface area contributed by atoms with Crippen molar-refractivity contribution < 1.29 is 9.18 Å². The summed E-state index contributed by atoms with van der Waals surface area (Å²) in [5, 5.41) is 0. The third-order valence-electron chi connectivity index (χ3n) is 2.35. The van der Waals surface area contributed by atoms with Crippen molar-refractivity contribution in [2.45, 2.75) is 13.8 Å². The van der Waals surface area contributed by atoms with Crippen LogP contribution in [0.1, 0.15) is 23.0 Å². The number of ketones is 1. The zero-order chi connectivity index (χ0) is 11.9. The molecule has 1 aromatic carbocycles. The molecular weight excluding hydrogens is 211 g/mol. The number of carbonyl (C=O) groups is 1. The molecule has 0 atom stereocenters. The number of aromatic amines is 1. The van der Waals surface area contributed by atoms with Gasteiger partial charge in [0.15, 0.2) is 11.6 Å². The van der Waals surface area contributed by atoms with Crippen molar-refractivity contribution in [1.29, 1.82) is 0 Å². The zero-order valence-electron chi connectivity index (χ0n) is 8.80. The van der Waals surface area contributed by atoms with Crippen LogP contribution >= 0.6 is 0 Å². The predicted molar refractivity (Wildman–Crippen MR) is 57.1 cm³/mol. The van der Waals surface area contributed by atoms with Gasteiger partial charge in [-0.15, -0.1) is 0 Å². The number of benzene rings is 1. The minimum Gasteiger partial charge on any atom is -0.317 e. The summed E-state index contributed by atoms with van der Waals surface area (Å²) in [7, 11) is 0. The van der Waals surface area contributed by atoms with Gasteiger partial charge in [0.1, 0.15) is 11.2 Å². The third kappa shape index (κ3) is 1.50. The van der Waals surface area contributed by atoms with Crippen LogP contribution in [0.25, 0.3) is 11.0 Å². The molecule has 5 heteroatoms. The van der Waals surface area contributed by atoms with Gasteiger partial charge in [0.05, 0.1) is 11.1 Å². The van der Waals surface area contributed by atoms with E-state index >= 15 is 0 Å². The highest BCUT2D eigenvalue weighted by Crippen LogP contribution is 2.17. The van der Waals surface area contributed by atoms with Gasteiger partial charge in [-0.3, -0.25) is 9.59 Å². The van der Waals surface area contributed by atoms with Crippen LogP contribution in [-0.2, 0) is 0 Å². The van der Waals surface area contributed by atoms with E-state index in [1.165, 1.54) is 26.0 Å². The first kappa shape index (κ1) is 10.5. The molecule has 0 saturated heterocycles. The lowest BCUT2D eigenvalue weighted by Gasteiger charge is -2.03. The van der Waals surface area contributed by atoms with Gasteiger partial charge in [-0.05, 0) is 26.0 Å². The number of aromatic nitrogens is 2. The Labute approximate surface area is 90.1 Å². The highest BCUT2D eigenvalue weighted by atomic mass is 19.1. The smallest absolute Gasteiger partial charge is 0.269 e. The second-order valence-electron chi connectivity index (χ2n) is 3.53. The Hall–Kier alpha value is -2.04. The molecule has 2 rings (SSSR count). The summed E-state index contributed by atoms with van der Waals surface area (Å²) in [5.74, 6) is -1.12. The summed E-state index contributed by atoms with van der Waals surface area (Å²) in [6, 6.07) is 2.88. The maximum absolute atomic E-state index is 13.8. The highest BCUT2D eigenvalue weighted by Gasteiger charge is 2.13. The number of carbonyl (C=O) groups excluding carboxylic acids is 1. The van der Waals surface area contributed by atoms with E-state index in [-0.39, 0.29) is 22.6 Å². The molecule has 0 saturated carbocycles. The number of Topliss-reactive ketones (excluding diaryl/α,β-unsaturated/α-hetero) is 1. The summed E-state index contributed by atoms with van der Waals surface area (Å²) in [6.07, 6.45) is 0. The fourth-order valence-corrected chi connectivity index (χ4v) is 1.49. The number of hydrogen-bond donors (Lipinski definition) is 1. The van der Waals surface area contributed by atoms with Crippen molar-refractivity contribution in [3.63, 3.8) is 0 Å². The molecule has 0 aliphatic heterocycles. The molecule has 0 spiro atoms. The molecular formula is C11H9FN2O2. The van der Waals surface area contributed by atoms with Crippen molar-refractivity contribution in [2.24, 2.45) is 0 Å². The van der Waals surface area contributed by atoms with Crippen LogP contribution in [0.3, 0.4) is 0 Å². The Balaban J connectivity index is 2.89. The number of nitrogens with one attached hydrogen (secondary N) is 1. The van der Waals surface area contributed by atoms with Gasteiger partial charge >= 0.3 is 0 Å². The van der Waals surface area contributed by atoms with Crippen LogP contribution < -0.4 is 5.56 Å². The molecule has 2 aromatic rings. The Morgan fingerprint density at radius 1 is 1.44 bits per heavy atom. The summed E-state index contributed by atoms with van der Waals surface area (Å²) < 4.78 is 13.8. The number of H-pyrrole nitrogens is 1. The molecule has 1 N–H and O–H groups in total. The average Bonchev–Trinajstić information content (AvgIpc) is 2.21. The van der Waals surface area contributed by atoms with Gasteiger partial charge in [-0.25, -0.2) is 9.37 Å². The Morgan fingerprint density at radius 2 is 2.12 bits per heavy atom. The van der Waals surface area contributed by atoms with E-state index in [9.17, 15) is 14.0 Å². The lowest BCUT2D eigenvalue weighted by Crippen LogP contribution is -2.13. The minimum absolute atomic E-state index is 0.0247. The van der Waals surface area contributed by atoms with Crippen LogP contribution in [0.5, 0.6) is 0 Å². The predicted octanol–water partition coefficient (Wildman–Crippen LogP) is 1.57. The second kappa shape index (κ2) is 3.52. The Kier molecular flexibility index (Phi) is 2.30. The van der Waals surface area contributed by atoms with Crippen LogP contribution in [0.15, 0.2) is 16.9 Å². The maximum atomic E-state index is 13.8. The number of hydrogen-bond acceptors (Lipinski definition) is 3. The van der Waals surface area contributed by atoms with Crippen LogP contribution in [0.4, 0.5) is 4.39 Å². The van der Waals surface area contributed by atoms with Gasteiger partial charge in [0.2, 0.25) is 0 Å². The van der Waals surface area contributed by atoms with Crippen LogP contribution in [0.2, 0.25) is 0 Å². The molecule has 0 amide bonds. The number of rotatable bonds is 1. The lowest BCUT2D eigenvalue weighted by atomic mass is 10.1. The largest absolute Gasteiger partial charge is 0.317 e. The van der Waals surface area contributed by atoms with Crippen molar-refractivity contribution in [2.75, 3.05) is 0 Å². The van der Waals surface area contributed by atoms with E-state index in [1.807, 2.05) is 0 Å². The fourth-order valence-electron chi connectivity index (χ4n) is 1.49. The second-order valence-corrected chi connectivity index (χ2v) is 3.53. The molecule has 0 fully saturated rings. The molecule has 16 heavy (non-hydrogen) atoms. The monoisotopic (exact) mass is 220 g/mol. The molecule has 0 unspecified atom stereocenters. The molecule has 0 bridgehead atoms. The number of halogens is 1. The van der Waals surface area contributed by atoms with E-state index in [2.05, 4.69) is 9.97 Å². The first-order valence-corrected chi connectivity index (χ1v) is 4.71. The minimum atomic E-state index is -0.727. The SMILES string of the molecule is CC(=O)c1ccc2nc(C)c(=O)[nH]c2c1F. The van der Waals surface area contributed by atoms with Crippen molar-refractivity contribution in [3.05, 3.63) is 39.6 Å². The van der Waals surface area contributed by atoms with Crippen molar-refractivity contribution >= 4 is 16.8 Å². The molecule has 82 valence electrons. The van der Waals surface area contributed by atoms with Gasteiger partial charge in [-0.2, -0.15) is 0 Å². The first-order chi connectivity index (χ1) is 7.50. The quantitative estimate of drug-likeness (QED) is 0.742. The highest BCUT2D eigenvalue weighted by molar-refractivity contribution is 5.97. The van der Waals surface area contributed by atoms with Crippen molar-refractivity contribution in [3.8, 4) is 0 Å². The van der Waals surface area contributed by atoms with E-state index in [1.54, 1.807) is 0 Å². The molecule has 4 nitrogen and oxygen atoms in total. The van der Waals surface area contributed by atoms with Crippen LogP contribution in [-0.4, -0.2) is 15.8 Å². The van der Waals surface area contributed by atoms with E-state index < -0.39 is 11.4 Å². The molecule has 0 aliphatic rings.